The lowest BCUT2D eigenvalue weighted by atomic mass is 10.3. The van der Waals surface area contributed by atoms with Crippen LogP contribution in [0.2, 0.25) is 0 Å². The van der Waals surface area contributed by atoms with Crippen LogP contribution in [0.15, 0.2) is 28.3 Å². The summed E-state index contributed by atoms with van der Waals surface area (Å²) in [7, 11) is 0. The van der Waals surface area contributed by atoms with Crippen molar-refractivity contribution in [2.75, 3.05) is 16.8 Å². The van der Waals surface area contributed by atoms with E-state index in [1.165, 1.54) is 17.8 Å². The zero-order chi connectivity index (χ0) is 16.4. The van der Waals surface area contributed by atoms with E-state index in [1.807, 2.05) is 6.07 Å². The smallest absolute Gasteiger partial charge is 0.235 e. The second-order valence-corrected chi connectivity index (χ2v) is 6.69. The summed E-state index contributed by atoms with van der Waals surface area (Å²) in [6.07, 6.45) is 0. The summed E-state index contributed by atoms with van der Waals surface area (Å²) >= 11 is 2.47. The zero-order valence-corrected chi connectivity index (χ0v) is 13.3. The van der Waals surface area contributed by atoms with E-state index in [9.17, 15) is 18.8 Å². The van der Waals surface area contributed by atoms with E-state index in [4.69, 9.17) is 0 Å². The number of nitriles is 1. The fourth-order valence-electron chi connectivity index (χ4n) is 2.08. The lowest BCUT2D eigenvalue weighted by molar-refractivity contribution is -0.113. The number of thioether (sulfide) groups is 2. The highest BCUT2D eigenvalue weighted by molar-refractivity contribution is 8.00. The van der Waals surface area contributed by atoms with Crippen LogP contribution in [-0.4, -0.2) is 27.0 Å². The van der Waals surface area contributed by atoms with Gasteiger partial charge in [0.1, 0.15) is 17.7 Å². The third-order valence-corrected chi connectivity index (χ3v) is 5.10. The van der Waals surface area contributed by atoms with Gasteiger partial charge in [0, 0.05) is 23.3 Å². The van der Waals surface area contributed by atoms with Gasteiger partial charge in [-0.1, -0.05) is 11.8 Å². The Balaban J connectivity index is 1.65. The van der Waals surface area contributed by atoms with Crippen LogP contribution in [0.4, 0.5) is 14.6 Å². The van der Waals surface area contributed by atoms with Crippen molar-refractivity contribution < 1.29 is 13.6 Å². The molecule has 0 saturated carbocycles. The molecule has 1 aromatic heterocycles. The normalized spacial score (nSPS) is 12.7. The van der Waals surface area contributed by atoms with Crippen molar-refractivity contribution in [3.63, 3.8) is 0 Å². The standard InChI is InChI=1S/C14H10F2N4OS2/c15-8-1-2-11(9(16)5-8)23-7-12(21)18-13-10(6-17)20-3-4-22-14(20)19-13/h1-2,5H,3-4,7H2,(H,18,21). The number of nitrogens with one attached hydrogen (secondary N) is 1. The molecule has 0 unspecified atom stereocenters. The SMILES string of the molecule is N#Cc1c(NC(=O)CSc2ccc(F)cc2F)nc2n1CCS2. The lowest BCUT2D eigenvalue weighted by Crippen LogP contribution is -2.15. The van der Waals surface area contributed by atoms with Crippen molar-refractivity contribution in [1.29, 1.82) is 5.26 Å². The molecule has 3 rings (SSSR count). The molecule has 1 aliphatic heterocycles. The molecule has 1 N–H and O–H groups in total. The van der Waals surface area contributed by atoms with Crippen LogP contribution in [0.5, 0.6) is 0 Å². The Morgan fingerprint density at radius 3 is 3.09 bits per heavy atom. The van der Waals surface area contributed by atoms with Gasteiger partial charge in [-0.25, -0.2) is 13.8 Å². The van der Waals surface area contributed by atoms with Crippen molar-refractivity contribution in [3.05, 3.63) is 35.5 Å². The Bertz CT molecular complexity index is 816. The van der Waals surface area contributed by atoms with E-state index in [1.54, 1.807) is 4.57 Å². The molecule has 0 atom stereocenters. The molecular formula is C14H10F2N4OS2. The zero-order valence-electron chi connectivity index (χ0n) is 11.7. The Kier molecular flexibility index (Phi) is 4.54. The Morgan fingerprint density at radius 2 is 2.35 bits per heavy atom. The number of nitrogens with zero attached hydrogens (tertiary/aromatic N) is 3. The van der Waals surface area contributed by atoms with Crippen LogP contribution in [-0.2, 0) is 11.3 Å². The summed E-state index contributed by atoms with van der Waals surface area (Å²) in [6, 6.07) is 5.22. The van der Waals surface area contributed by atoms with Gasteiger partial charge in [-0.2, -0.15) is 5.26 Å². The van der Waals surface area contributed by atoms with Crippen LogP contribution in [0, 0.1) is 23.0 Å². The second-order valence-electron chi connectivity index (χ2n) is 4.62. The number of carbonyl (C=O) groups is 1. The van der Waals surface area contributed by atoms with E-state index in [-0.39, 0.29) is 16.5 Å². The largest absolute Gasteiger partial charge is 0.308 e. The second kappa shape index (κ2) is 6.60. The molecule has 23 heavy (non-hydrogen) atoms. The lowest BCUT2D eigenvalue weighted by Gasteiger charge is -2.05. The highest BCUT2D eigenvalue weighted by Gasteiger charge is 2.22. The Labute approximate surface area is 139 Å². The number of hydrogen-bond donors (Lipinski definition) is 1. The molecule has 118 valence electrons. The molecule has 0 saturated heterocycles. The third-order valence-electron chi connectivity index (χ3n) is 3.10. The van der Waals surface area contributed by atoms with Gasteiger partial charge in [-0.15, -0.1) is 11.8 Å². The molecule has 0 bridgehead atoms. The first kappa shape index (κ1) is 15.8. The summed E-state index contributed by atoms with van der Waals surface area (Å²) in [5, 5.41) is 12.5. The monoisotopic (exact) mass is 352 g/mol. The summed E-state index contributed by atoms with van der Waals surface area (Å²) in [6.45, 7) is 0.682. The van der Waals surface area contributed by atoms with Gasteiger partial charge in [-0.3, -0.25) is 4.79 Å². The van der Waals surface area contributed by atoms with E-state index >= 15 is 0 Å². The Hall–Kier alpha value is -2.05. The van der Waals surface area contributed by atoms with Gasteiger partial charge in [0.25, 0.3) is 0 Å². The summed E-state index contributed by atoms with van der Waals surface area (Å²) < 4.78 is 28.1. The molecule has 5 nitrogen and oxygen atoms in total. The molecule has 0 aliphatic carbocycles. The van der Waals surface area contributed by atoms with Crippen molar-refractivity contribution in [3.8, 4) is 6.07 Å². The minimum Gasteiger partial charge on any atom is -0.308 e. The maximum absolute atomic E-state index is 13.5. The maximum Gasteiger partial charge on any atom is 0.235 e. The molecule has 0 fully saturated rings. The van der Waals surface area contributed by atoms with Crippen LogP contribution < -0.4 is 5.32 Å². The summed E-state index contributed by atoms with van der Waals surface area (Å²) in [5.41, 5.74) is 0.316. The predicted octanol–water partition coefficient (Wildman–Crippen LogP) is 2.87. The van der Waals surface area contributed by atoms with Crippen molar-refractivity contribution >= 4 is 35.2 Å². The Morgan fingerprint density at radius 1 is 1.52 bits per heavy atom. The predicted molar refractivity (Wildman–Crippen MR) is 83.4 cm³/mol. The topological polar surface area (TPSA) is 70.7 Å². The molecule has 9 heteroatoms. The number of hydrogen-bond acceptors (Lipinski definition) is 5. The van der Waals surface area contributed by atoms with E-state index in [2.05, 4.69) is 10.3 Å². The minimum absolute atomic E-state index is 0.0667. The fraction of sp³-hybridized carbons (Fsp3) is 0.214. The average molecular weight is 352 g/mol. The first-order chi connectivity index (χ1) is 11.1. The number of aromatic nitrogens is 2. The van der Waals surface area contributed by atoms with Crippen molar-refractivity contribution in [1.82, 2.24) is 9.55 Å². The van der Waals surface area contributed by atoms with Gasteiger partial charge in [0.05, 0.1) is 5.75 Å². The maximum atomic E-state index is 13.5. The number of fused-ring (bicyclic) bond motifs is 1. The number of amides is 1. The molecule has 0 spiro atoms. The highest BCUT2D eigenvalue weighted by Crippen LogP contribution is 2.30. The number of imidazole rings is 1. The quantitative estimate of drug-likeness (QED) is 0.857. The van der Waals surface area contributed by atoms with Gasteiger partial charge in [0.15, 0.2) is 16.7 Å². The molecule has 1 amide bonds. The highest BCUT2D eigenvalue weighted by atomic mass is 32.2. The van der Waals surface area contributed by atoms with E-state index < -0.39 is 17.5 Å². The van der Waals surface area contributed by atoms with Gasteiger partial charge in [-0.05, 0) is 12.1 Å². The number of anilines is 1. The molecule has 2 aromatic rings. The first-order valence-electron chi connectivity index (χ1n) is 6.59. The van der Waals surface area contributed by atoms with Gasteiger partial charge in [0.2, 0.25) is 5.91 Å². The molecular weight excluding hydrogens is 342 g/mol. The number of rotatable bonds is 4. The molecule has 1 aromatic carbocycles. The van der Waals surface area contributed by atoms with Crippen LogP contribution >= 0.6 is 23.5 Å². The number of halogens is 2. The van der Waals surface area contributed by atoms with Gasteiger partial charge < -0.3 is 9.88 Å². The molecule has 0 radical (unpaired) electrons. The van der Waals surface area contributed by atoms with Crippen molar-refractivity contribution in [2.45, 2.75) is 16.6 Å². The summed E-state index contributed by atoms with van der Waals surface area (Å²) in [5.74, 6) is -0.775. The average Bonchev–Trinajstić information content (AvgIpc) is 3.06. The van der Waals surface area contributed by atoms with E-state index in [0.717, 1.165) is 29.6 Å². The van der Waals surface area contributed by atoms with E-state index in [0.29, 0.717) is 17.4 Å². The third kappa shape index (κ3) is 3.33. The fourth-order valence-corrected chi connectivity index (χ4v) is 3.75. The number of carbonyl (C=O) groups excluding carboxylic acids is 1. The van der Waals surface area contributed by atoms with Crippen LogP contribution in [0.1, 0.15) is 5.69 Å². The molecule has 1 aliphatic rings. The number of benzene rings is 1. The summed E-state index contributed by atoms with van der Waals surface area (Å²) in [4.78, 5) is 16.4. The minimum atomic E-state index is -0.710. The van der Waals surface area contributed by atoms with Crippen molar-refractivity contribution in [2.24, 2.45) is 0 Å². The van der Waals surface area contributed by atoms with Crippen LogP contribution in [0.25, 0.3) is 0 Å². The van der Waals surface area contributed by atoms with Crippen LogP contribution in [0.3, 0.4) is 0 Å². The molecule has 2 heterocycles. The van der Waals surface area contributed by atoms with Gasteiger partial charge >= 0.3 is 0 Å². The first-order valence-corrected chi connectivity index (χ1v) is 8.56.